The molecule has 0 aliphatic carbocycles. The van der Waals surface area contributed by atoms with Crippen LogP contribution in [0.15, 0.2) is 60.7 Å². The van der Waals surface area contributed by atoms with Gasteiger partial charge in [-0.3, -0.25) is 0 Å². The van der Waals surface area contributed by atoms with E-state index in [9.17, 15) is 8.42 Å². The number of rotatable bonds is 6. The minimum atomic E-state index is -3.29. The Bertz CT molecular complexity index is 762. The Labute approximate surface area is 150 Å². The van der Waals surface area contributed by atoms with Gasteiger partial charge in [0.1, 0.15) is 0 Å². The van der Waals surface area contributed by atoms with Gasteiger partial charge in [0.15, 0.2) is 0 Å². The van der Waals surface area contributed by atoms with Crippen LogP contribution >= 0.6 is 0 Å². The van der Waals surface area contributed by atoms with E-state index >= 15 is 0 Å². The first-order valence-electron chi connectivity index (χ1n) is 8.74. The molecule has 1 saturated heterocycles. The van der Waals surface area contributed by atoms with E-state index in [1.807, 2.05) is 55.5 Å². The summed E-state index contributed by atoms with van der Waals surface area (Å²) in [7, 11) is -3.29. The third kappa shape index (κ3) is 5.14. The van der Waals surface area contributed by atoms with Crippen molar-refractivity contribution in [3.05, 3.63) is 71.8 Å². The maximum Gasteiger partial charge on any atom is 0.214 e. The van der Waals surface area contributed by atoms with Gasteiger partial charge >= 0.3 is 0 Å². The minimum Gasteiger partial charge on any atom is -0.372 e. The topological polar surface area (TPSA) is 46.6 Å². The highest BCUT2D eigenvalue weighted by Crippen LogP contribution is 2.19. The van der Waals surface area contributed by atoms with Crippen LogP contribution in [0.1, 0.15) is 18.1 Å². The molecule has 25 heavy (non-hydrogen) atoms. The van der Waals surface area contributed by atoms with Gasteiger partial charge in [-0.15, -0.1) is 0 Å². The van der Waals surface area contributed by atoms with Crippen molar-refractivity contribution in [1.82, 2.24) is 4.31 Å². The minimum absolute atomic E-state index is 0.0889. The number of hydrogen-bond acceptors (Lipinski definition) is 3. The fourth-order valence-electron chi connectivity index (χ4n) is 3.24. The summed E-state index contributed by atoms with van der Waals surface area (Å²) in [6, 6.07) is 19.8. The summed E-state index contributed by atoms with van der Waals surface area (Å²) in [5, 5.41) is 0. The number of sulfonamides is 1. The summed E-state index contributed by atoms with van der Waals surface area (Å²) in [5.74, 6) is 0.141. The molecule has 134 valence electrons. The lowest BCUT2D eigenvalue weighted by Gasteiger charge is -2.36. The fraction of sp³-hybridized carbons (Fsp3) is 0.400. The van der Waals surface area contributed by atoms with Crippen molar-refractivity contribution in [3.8, 4) is 0 Å². The van der Waals surface area contributed by atoms with Gasteiger partial charge in [-0.1, -0.05) is 60.7 Å². The van der Waals surface area contributed by atoms with Crippen molar-refractivity contribution in [1.29, 1.82) is 0 Å². The van der Waals surface area contributed by atoms with E-state index in [-0.39, 0.29) is 18.0 Å². The summed E-state index contributed by atoms with van der Waals surface area (Å²) in [4.78, 5) is 0. The first-order chi connectivity index (χ1) is 12.0. The number of morpholine rings is 1. The predicted molar refractivity (Wildman–Crippen MR) is 100.0 cm³/mol. The van der Waals surface area contributed by atoms with Crippen LogP contribution in [0.5, 0.6) is 0 Å². The Morgan fingerprint density at radius 2 is 1.56 bits per heavy atom. The molecule has 2 aromatic rings. The lowest BCUT2D eigenvalue weighted by atomic mass is 10.1. The maximum absolute atomic E-state index is 12.8. The first kappa shape index (κ1) is 18.1. The van der Waals surface area contributed by atoms with Crippen LogP contribution in [-0.2, 0) is 27.6 Å². The van der Waals surface area contributed by atoms with Crippen molar-refractivity contribution in [3.63, 3.8) is 0 Å². The Morgan fingerprint density at radius 3 is 2.20 bits per heavy atom. The molecule has 0 saturated carbocycles. The summed E-state index contributed by atoms with van der Waals surface area (Å²) >= 11 is 0. The van der Waals surface area contributed by atoms with Gasteiger partial charge in [-0.2, -0.15) is 4.31 Å². The highest BCUT2D eigenvalue weighted by molar-refractivity contribution is 7.89. The zero-order valence-electron chi connectivity index (χ0n) is 14.5. The van der Waals surface area contributed by atoms with E-state index in [2.05, 4.69) is 12.1 Å². The number of nitrogens with zero attached hydrogens (tertiary/aromatic N) is 1. The molecule has 3 rings (SSSR count). The Balaban J connectivity index is 1.63. The van der Waals surface area contributed by atoms with Crippen LogP contribution in [0.25, 0.3) is 0 Å². The Kier molecular flexibility index (Phi) is 5.89. The third-order valence-corrected chi connectivity index (χ3v) is 6.29. The van der Waals surface area contributed by atoms with Crippen LogP contribution in [0.2, 0.25) is 0 Å². The molecule has 1 aliphatic heterocycles. The van der Waals surface area contributed by atoms with E-state index < -0.39 is 10.0 Å². The fourth-order valence-corrected chi connectivity index (χ4v) is 4.82. The van der Waals surface area contributed by atoms with Crippen LogP contribution in [0.3, 0.4) is 0 Å². The molecule has 1 heterocycles. The van der Waals surface area contributed by atoms with Crippen LogP contribution in [0, 0.1) is 0 Å². The molecule has 5 heteroatoms. The number of ether oxygens (including phenoxy) is 1. The molecule has 0 aromatic heterocycles. The van der Waals surface area contributed by atoms with E-state index in [4.69, 9.17) is 4.74 Å². The molecule has 0 spiro atoms. The van der Waals surface area contributed by atoms with Gasteiger partial charge in [-0.25, -0.2) is 8.42 Å². The zero-order chi connectivity index (χ0) is 17.7. The monoisotopic (exact) mass is 359 g/mol. The largest absolute Gasteiger partial charge is 0.372 e. The second-order valence-corrected chi connectivity index (χ2v) is 8.72. The van der Waals surface area contributed by atoms with E-state index in [0.717, 1.165) is 12.0 Å². The Hall–Kier alpha value is -1.69. The molecule has 0 N–H and O–H groups in total. The average molecular weight is 359 g/mol. The molecular weight excluding hydrogens is 334 g/mol. The lowest BCUT2D eigenvalue weighted by molar-refractivity contribution is -0.0529. The van der Waals surface area contributed by atoms with Gasteiger partial charge in [0.25, 0.3) is 0 Å². The van der Waals surface area contributed by atoms with Crippen molar-refractivity contribution >= 4 is 10.0 Å². The molecule has 4 nitrogen and oxygen atoms in total. The number of hydrogen-bond donors (Lipinski definition) is 0. The van der Waals surface area contributed by atoms with Crippen LogP contribution < -0.4 is 0 Å². The normalized spacial score (nSPS) is 22.0. The highest BCUT2D eigenvalue weighted by atomic mass is 32.2. The molecule has 1 aliphatic rings. The Morgan fingerprint density at radius 1 is 0.960 bits per heavy atom. The SMILES string of the molecule is CC1CN(S(=O)(=O)CCc2ccccc2)CC(Cc2ccccc2)O1. The quantitative estimate of drug-likeness (QED) is 0.797. The molecule has 2 atom stereocenters. The zero-order valence-corrected chi connectivity index (χ0v) is 15.4. The van der Waals surface area contributed by atoms with E-state index in [1.54, 1.807) is 4.31 Å². The number of benzene rings is 2. The molecule has 0 radical (unpaired) electrons. The summed E-state index contributed by atoms with van der Waals surface area (Å²) in [6.07, 6.45) is 1.08. The average Bonchev–Trinajstić information content (AvgIpc) is 2.61. The summed E-state index contributed by atoms with van der Waals surface area (Å²) in [6.45, 7) is 2.80. The van der Waals surface area contributed by atoms with Crippen LogP contribution in [0.4, 0.5) is 0 Å². The van der Waals surface area contributed by atoms with Gasteiger partial charge in [0.2, 0.25) is 10.0 Å². The van der Waals surface area contributed by atoms with Crippen molar-refractivity contribution in [2.75, 3.05) is 18.8 Å². The number of aryl methyl sites for hydroxylation is 1. The summed E-state index contributed by atoms with van der Waals surface area (Å²) in [5.41, 5.74) is 2.22. The second-order valence-electron chi connectivity index (χ2n) is 6.63. The van der Waals surface area contributed by atoms with Gasteiger partial charge in [0.05, 0.1) is 18.0 Å². The van der Waals surface area contributed by atoms with E-state index in [1.165, 1.54) is 5.56 Å². The highest BCUT2D eigenvalue weighted by Gasteiger charge is 2.32. The predicted octanol–water partition coefficient (Wildman–Crippen LogP) is 2.89. The van der Waals surface area contributed by atoms with E-state index in [0.29, 0.717) is 19.5 Å². The van der Waals surface area contributed by atoms with Crippen molar-refractivity contribution in [2.24, 2.45) is 0 Å². The smallest absolute Gasteiger partial charge is 0.214 e. The third-order valence-electron chi connectivity index (χ3n) is 4.48. The molecule has 0 bridgehead atoms. The van der Waals surface area contributed by atoms with Crippen molar-refractivity contribution < 1.29 is 13.2 Å². The molecular formula is C20H25NO3S. The van der Waals surface area contributed by atoms with Crippen molar-refractivity contribution in [2.45, 2.75) is 32.0 Å². The van der Waals surface area contributed by atoms with Crippen LogP contribution in [-0.4, -0.2) is 43.8 Å². The van der Waals surface area contributed by atoms with Gasteiger partial charge in [0, 0.05) is 13.1 Å². The van der Waals surface area contributed by atoms with Gasteiger partial charge < -0.3 is 4.74 Å². The molecule has 2 aromatic carbocycles. The first-order valence-corrected chi connectivity index (χ1v) is 10.3. The standard InChI is InChI=1S/C20H25NO3S/c1-17-15-21(16-20(24-17)14-19-10-6-3-7-11-19)25(22,23)13-12-18-8-4-2-5-9-18/h2-11,17,20H,12-16H2,1H3. The molecule has 2 unspecified atom stereocenters. The van der Waals surface area contributed by atoms with Gasteiger partial charge in [-0.05, 0) is 30.9 Å². The summed E-state index contributed by atoms with van der Waals surface area (Å²) < 4.78 is 33.1. The maximum atomic E-state index is 12.8. The molecule has 1 fully saturated rings. The second kappa shape index (κ2) is 8.13. The molecule has 0 amide bonds. The lowest BCUT2D eigenvalue weighted by Crippen LogP contribution is -2.50.